The van der Waals surface area contributed by atoms with Gasteiger partial charge in [0.25, 0.3) is 0 Å². The van der Waals surface area contributed by atoms with Crippen LogP contribution in [-0.4, -0.2) is 23.1 Å². The number of imidazole rings is 1. The molecule has 7 heteroatoms. The van der Waals surface area contributed by atoms with Gasteiger partial charge in [-0.25, -0.2) is 4.98 Å². The molecule has 1 spiro atoms. The summed E-state index contributed by atoms with van der Waals surface area (Å²) < 4.78 is 0. The minimum absolute atomic E-state index is 0.461. The van der Waals surface area contributed by atoms with Gasteiger partial charge in [-0.2, -0.15) is 0 Å². The molecule has 1 saturated carbocycles. The van der Waals surface area contributed by atoms with Crippen LogP contribution in [0.5, 0.6) is 0 Å². The number of aromatic nitrogens is 2. The van der Waals surface area contributed by atoms with Crippen molar-refractivity contribution in [3.8, 4) is 0 Å². The quantitative estimate of drug-likeness (QED) is 0.571. The summed E-state index contributed by atoms with van der Waals surface area (Å²) in [6, 6.07) is 9.73. The summed E-state index contributed by atoms with van der Waals surface area (Å²) in [7, 11) is 0. The molecule has 2 aromatic carbocycles. The number of fused-ring (bicyclic) bond motifs is 1. The highest BCUT2D eigenvalue weighted by atomic mass is 35.5. The van der Waals surface area contributed by atoms with Crippen molar-refractivity contribution in [3.63, 3.8) is 0 Å². The number of H-pyrrole nitrogens is 1. The number of benzene rings is 2. The zero-order valence-electron chi connectivity index (χ0n) is 14.9. The molecule has 27 heavy (non-hydrogen) atoms. The van der Waals surface area contributed by atoms with Gasteiger partial charge < -0.3 is 20.9 Å². The summed E-state index contributed by atoms with van der Waals surface area (Å²) in [5.74, 6) is 0.634. The lowest BCUT2D eigenvalue weighted by atomic mass is 10.1. The molecule has 4 N–H and O–H groups in total. The number of nitrogens with zero attached hydrogens (tertiary/aromatic N) is 2. The Bertz CT molecular complexity index is 1020. The van der Waals surface area contributed by atoms with Crippen molar-refractivity contribution in [2.75, 3.05) is 23.3 Å². The van der Waals surface area contributed by atoms with Gasteiger partial charge in [0, 0.05) is 19.6 Å². The molecular weight excluding hydrogens is 381 g/mol. The minimum Gasteiger partial charge on any atom is -0.370 e. The number of hydrogen-bond donors (Lipinski definition) is 3. The Labute approximate surface area is 167 Å². The maximum Gasteiger partial charge on any atom is 0.205 e. The van der Waals surface area contributed by atoms with Crippen molar-refractivity contribution < 1.29 is 0 Å². The zero-order chi connectivity index (χ0) is 18.6. The monoisotopic (exact) mass is 401 g/mol. The van der Waals surface area contributed by atoms with Gasteiger partial charge in [0.05, 0.1) is 32.5 Å². The van der Waals surface area contributed by atoms with Crippen molar-refractivity contribution in [3.05, 3.63) is 45.9 Å². The molecule has 1 saturated heterocycles. The molecular formula is C20H21Cl2N5. The molecule has 0 radical (unpaired) electrons. The zero-order valence-corrected chi connectivity index (χ0v) is 16.4. The SMILES string of the molecule is NCc1ccc(Cl)c(Nc2nc3cc(N4CCC5(CC5)C4)c(Cl)cc3[nH]2)c1. The van der Waals surface area contributed by atoms with Crippen LogP contribution in [0.15, 0.2) is 30.3 Å². The van der Waals surface area contributed by atoms with E-state index in [2.05, 4.69) is 26.3 Å². The smallest absolute Gasteiger partial charge is 0.205 e. The fourth-order valence-corrected chi connectivity index (χ4v) is 4.42. The highest BCUT2D eigenvalue weighted by Crippen LogP contribution is 2.54. The maximum atomic E-state index is 6.59. The number of halogens is 2. The predicted octanol–water partition coefficient (Wildman–Crippen LogP) is 5.06. The van der Waals surface area contributed by atoms with E-state index in [0.717, 1.165) is 46.1 Å². The number of nitrogens with one attached hydrogen (secondary N) is 2. The average molecular weight is 402 g/mol. The third-order valence-corrected chi connectivity index (χ3v) is 6.44. The molecule has 140 valence electrons. The lowest BCUT2D eigenvalue weighted by Crippen LogP contribution is -2.20. The van der Waals surface area contributed by atoms with E-state index >= 15 is 0 Å². The van der Waals surface area contributed by atoms with Crippen LogP contribution in [0.4, 0.5) is 17.3 Å². The fourth-order valence-electron chi connectivity index (χ4n) is 3.97. The van der Waals surface area contributed by atoms with E-state index in [1.807, 2.05) is 24.3 Å². The summed E-state index contributed by atoms with van der Waals surface area (Å²) in [5.41, 5.74) is 10.9. The lowest BCUT2D eigenvalue weighted by molar-refractivity contribution is 0.581. The van der Waals surface area contributed by atoms with E-state index in [4.69, 9.17) is 28.9 Å². The first kappa shape index (κ1) is 17.2. The summed E-state index contributed by atoms with van der Waals surface area (Å²) in [4.78, 5) is 10.4. The first-order chi connectivity index (χ1) is 13.0. The van der Waals surface area contributed by atoms with E-state index in [1.165, 1.54) is 19.3 Å². The van der Waals surface area contributed by atoms with Gasteiger partial charge in [-0.1, -0.05) is 29.3 Å². The van der Waals surface area contributed by atoms with E-state index in [-0.39, 0.29) is 0 Å². The van der Waals surface area contributed by atoms with Crippen molar-refractivity contribution in [2.45, 2.75) is 25.8 Å². The summed E-state index contributed by atoms with van der Waals surface area (Å²) >= 11 is 12.9. The summed E-state index contributed by atoms with van der Waals surface area (Å²) in [6.45, 7) is 2.64. The highest BCUT2D eigenvalue weighted by molar-refractivity contribution is 6.34. The van der Waals surface area contributed by atoms with Gasteiger partial charge in [-0.3, -0.25) is 0 Å². The van der Waals surface area contributed by atoms with Gasteiger partial charge in [0.2, 0.25) is 5.95 Å². The number of aromatic amines is 1. The van der Waals surface area contributed by atoms with Crippen LogP contribution in [0.25, 0.3) is 11.0 Å². The van der Waals surface area contributed by atoms with Crippen molar-refractivity contribution in [2.24, 2.45) is 11.1 Å². The number of hydrogen-bond acceptors (Lipinski definition) is 4. The van der Waals surface area contributed by atoms with Gasteiger partial charge in [0.1, 0.15) is 0 Å². The summed E-state index contributed by atoms with van der Waals surface area (Å²) in [5, 5.41) is 4.64. The van der Waals surface area contributed by atoms with Gasteiger partial charge in [-0.15, -0.1) is 0 Å². The van der Waals surface area contributed by atoms with Crippen LogP contribution < -0.4 is 16.0 Å². The highest BCUT2D eigenvalue weighted by Gasteiger charge is 2.47. The average Bonchev–Trinajstić information content (AvgIpc) is 3.10. The predicted molar refractivity (Wildman–Crippen MR) is 112 cm³/mol. The number of anilines is 3. The molecule has 3 aromatic rings. The summed E-state index contributed by atoms with van der Waals surface area (Å²) in [6.07, 6.45) is 3.97. The van der Waals surface area contributed by atoms with E-state index < -0.39 is 0 Å². The Morgan fingerprint density at radius 1 is 1.15 bits per heavy atom. The molecule has 5 rings (SSSR count). The second kappa shape index (κ2) is 6.30. The fraction of sp³-hybridized carbons (Fsp3) is 0.350. The van der Waals surface area contributed by atoms with Gasteiger partial charge >= 0.3 is 0 Å². The first-order valence-electron chi connectivity index (χ1n) is 9.25. The molecule has 2 aliphatic rings. The molecule has 0 atom stereocenters. The van der Waals surface area contributed by atoms with Gasteiger partial charge in [0.15, 0.2) is 0 Å². The van der Waals surface area contributed by atoms with Crippen LogP contribution in [0.2, 0.25) is 10.0 Å². The topological polar surface area (TPSA) is 70.0 Å². The van der Waals surface area contributed by atoms with E-state index in [0.29, 0.717) is 22.9 Å². The largest absolute Gasteiger partial charge is 0.370 e. The third-order valence-electron chi connectivity index (χ3n) is 5.81. The molecule has 1 aliphatic heterocycles. The Morgan fingerprint density at radius 3 is 2.74 bits per heavy atom. The molecule has 0 bridgehead atoms. The number of rotatable bonds is 4. The molecule has 2 heterocycles. The van der Waals surface area contributed by atoms with E-state index in [1.54, 1.807) is 0 Å². The first-order valence-corrected chi connectivity index (χ1v) is 10.0. The van der Waals surface area contributed by atoms with Crippen LogP contribution in [-0.2, 0) is 6.54 Å². The number of nitrogens with two attached hydrogens (primary N) is 1. The van der Waals surface area contributed by atoms with Crippen molar-refractivity contribution in [1.82, 2.24) is 9.97 Å². The minimum atomic E-state index is 0.461. The van der Waals surface area contributed by atoms with Crippen LogP contribution in [0.3, 0.4) is 0 Å². The van der Waals surface area contributed by atoms with Crippen molar-refractivity contribution >= 4 is 51.6 Å². The van der Waals surface area contributed by atoms with Crippen LogP contribution >= 0.6 is 23.2 Å². The Hall–Kier alpha value is -1.95. The Balaban J connectivity index is 1.45. The lowest BCUT2D eigenvalue weighted by Gasteiger charge is -2.20. The Kier molecular flexibility index (Phi) is 4.00. The van der Waals surface area contributed by atoms with Crippen LogP contribution in [0, 0.1) is 5.41 Å². The standard InChI is InChI=1S/C20H21Cl2N5/c21-13-2-1-12(10-23)7-15(13)24-19-25-16-8-14(22)18(9-17(16)26-19)27-6-5-20(11-27)3-4-20/h1-2,7-9H,3-6,10-11,23H2,(H2,24,25,26). The second-order valence-corrected chi connectivity index (χ2v) is 8.54. The molecule has 0 amide bonds. The third kappa shape index (κ3) is 3.14. The molecule has 2 fully saturated rings. The Morgan fingerprint density at radius 2 is 2.00 bits per heavy atom. The van der Waals surface area contributed by atoms with Crippen molar-refractivity contribution in [1.29, 1.82) is 0 Å². The second-order valence-electron chi connectivity index (χ2n) is 7.72. The van der Waals surface area contributed by atoms with Gasteiger partial charge in [-0.05, 0) is 54.5 Å². The maximum absolute atomic E-state index is 6.59. The normalized spacial score (nSPS) is 17.8. The molecule has 1 aromatic heterocycles. The van der Waals surface area contributed by atoms with Crippen LogP contribution in [0.1, 0.15) is 24.8 Å². The molecule has 1 aliphatic carbocycles. The van der Waals surface area contributed by atoms with E-state index in [9.17, 15) is 0 Å². The molecule has 5 nitrogen and oxygen atoms in total. The molecule has 0 unspecified atom stereocenters.